The number of hydrogen-bond donors (Lipinski definition) is 1. The van der Waals surface area contributed by atoms with E-state index in [-0.39, 0.29) is 4.90 Å². The van der Waals surface area contributed by atoms with Crippen molar-refractivity contribution in [3.63, 3.8) is 0 Å². The van der Waals surface area contributed by atoms with Crippen molar-refractivity contribution in [3.05, 3.63) is 30.3 Å². The fourth-order valence-corrected chi connectivity index (χ4v) is 1.94. The van der Waals surface area contributed by atoms with Gasteiger partial charge < -0.3 is 5.11 Å². The van der Waals surface area contributed by atoms with E-state index in [1.165, 1.54) is 12.1 Å². The summed E-state index contributed by atoms with van der Waals surface area (Å²) >= 11 is 0. The van der Waals surface area contributed by atoms with E-state index in [1.807, 2.05) is 0 Å². The van der Waals surface area contributed by atoms with Gasteiger partial charge in [-0.05, 0) is 12.1 Å². The van der Waals surface area contributed by atoms with Crippen LogP contribution < -0.4 is 0 Å². The van der Waals surface area contributed by atoms with E-state index in [2.05, 4.69) is 0 Å². The quantitative estimate of drug-likeness (QED) is 0.773. The molecule has 13 heavy (non-hydrogen) atoms. The predicted octanol–water partition coefficient (Wildman–Crippen LogP) is 0.545. The second kappa shape index (κ2) is 3.57. The van der Waals surface area contributed by atoms with Gasteiger partial charge >= 0.3 is 5.97 Å². The summed E-state index contributed by atoms with van der Waals surface area (Å²) in [5.41, 5.74) is 0. The van der Waals surface area contributed by atoms with Gasteiger partial charge in [0.2, 0.25) is 0 Å². The molecule has 5 heteroatoms. The first-order valence-corrected chi connectivity index (χ1v) is 5.17. The molecule has 0 saturated heterocycles. The molecule has 1 aromatic carbocycles. The Hall–Kier alpha value is -1.36. The van der Waals surface area contributed by atoms with E-state index in [1.54, 1.807) is 18.2 Å². The van der Waals surface area contributed by atoms with Crippen molar-refractivity contribution >= 4 is 15.8 Å². The molecular weight excluding hydrogens is 192 g/mol. The minimum absolute atomic E-state index is 0.0393. The maximum Gasteiger partial charge on any atom is 0.319 e. The molecule has 0 aromatic heterocycles. The zero-order valence-corrected chi connectivity index (χ0v) is 7.49. The van der Waals surface area contributed by atoms with Gasteiger partial charge in [0, 0.05) is 0 Å². The highest BCUT2D eigenvalue weighted by molar-refractivity contribution is 7.92. The molecule has 1 N–H and O–H groups in total. The highest BCUT2D eigenvalue weighted by atomic mass is 32.2. The lowest BCUT2D eigenvalue weighted by Crippen LogP contribution is -2.15. The zero-order valence-electron chi connectivity index (χ0n) is 6.67. The monoisotopic (exact) mass is 200 g/mol. The third-order valence-electron chi connectivity index (χ3n) is 1.42. The Kier molecular flexibility index (Phi) is 2.67. The lowest BCUT2D eigenvalue weighted by molar-refractivity contribution is -0.134. The van der Waals surface area contributed by atoms with Gasteiger partial charge in [-0.25, -0.2) is 8.42 Å². The van der Waals surface area contributed by atoms with Gasteiger partial charge in [0.15, 0.2) is 15.6 Å². The maximum absolute atomic E-state index is 11.3. The topological polar surface area (TPSA) is 71.4 Å². The SMILES string of the molecule is O=C(O)CS(=O)(=O)c1ccccc1. The highest BCUT2D eigenvalue weighted by Crippen LogP contribution is 2.09. The largest absolute Gasteiger partial charge is 0.480 e. The van der Waals surface area contributed by atoms with Gasteiger partial charge in [0.25, 0.3) is 0 Å². The summed E-state index contributed by atoms with van der Waals surface area (Å²) in [6, 6.07) is 7.51. The maximum atomic E-state index is 11.3. The third-order valence-corrected chi connectivity index (χ3v) is 3.03. The number of sulfone groups is 1. The van der Waals surface area contributed by atoms with E-state index in [0.29, 0.717) is 0 Å². The fraction of sp³-hybridized carbons (Fsp3) is 0.125. The van der Waals surface area contributed by atoms with Crippen LogP contribution in [0.1, 0.15) is 0 Å². The molecule has 0 fully saturated rings. The Labute approximate surface area is 75.7 Å². The molecule has 0 unspecified atom stereocenters. The van der Waals surface area contributed by atoms with Crippen molar-refractivity contribution < 1.29 is 18.3 Å². The average Bonchev–Trinajstić information content (AvgIpc) is 2.04. The summed E-state index contributed by atoms with van der Waals surface area (Å²) in [6.45, 7) is 0. The van der Waals surface area contributed by atoms with Crippen molar-refractivity contribution in [2.24, 2.45) is 0 Å². The van der Waals surface area contributed by atoms with Crippen molar-refractivity contribution in [2.75, 3.05) is 5.75 Å². The van der Waals surface area contributed by atoms with Crippen LogP contribution in [0.2, 0.25) is 0 Å². The summed E-state index contributed by atoms with van der Waals surface area (Å²) in [7, 11) is -3.66. The number of rotatable bonds is 3. The number of aliphatic carboxylic acids is 1. The molecule has 0 heterocycles. The van der Waals surface area contributed by atoms with Gasteiger partial charge in [0.05, 0.1) is 4.90 Å². The molecule has 1 aromatic rings. The van der Waals surface area contributed by atoms with Crippen LogP contribution in [0.3, 0.4) is 0 Å². The molecule has 0 aliphatic rings. The molecule has 70 valence electrons. The van der Waals surface area contributed by atoms with Crippen molar-refractivity contribution in [2.45, 2.75) is 4.90 Å². The van der Waals surface area contributed by atoms with Gasteiger partial charge in [0.1, 0.15) is 0 Å². The molecule has 0 aliphatic heterocycles. The van der Waals surface area contributed by atoms with E-state index < -0.39 is 21.6 Å². The molecule has 0 spiro atoms. The van der Waals surface area contributed by atoms with Crippen LogP contribution in [0.15, 0.2) is 35.2 Å². The molecule has 1 rings (SSSR count). The smallest absolute Gasteiger partial charge is 0.319 e. The normalized spacial score (nSPS) is 11.1. The molecule has 4 nitrogen and oxygen atoms in total. The second-order valence-electron chi connectivity index (χ2n) is 2.47. The summed E-state index contributed by atoms with van der Waals surface area (Å²) in [5.74, 6) is -2.21. The minimum Gasteiger partial charge on any atom is -0.480 e. The number of hydrogen-bond acceptors (Lipinski definition) is 3. The second-order valence-corrected chi connectivity index (χ2v) is 4.46. The summed E-state index contributed by atoms with van der Waals surface area (Å²) < 4.78 is 22.5. The Morgan fingerprint density at radius 1 is 1.23 bits per heavy atom. The average molecular weight is 200 g/mol. The Balaban J connectivity index is 3.02. The van der Waals surface area contributed by atoms with Crippen LogP contribution in [0.5, 0.6) is 0 Å². The molecule has 0 radical (unpaired) electrons. The molecular formula is C8H8O4S. The van der Waals surface area contributed by atoms with Crippen LogP contribution in [0.4, 0.5) is 0 Å². The van der Waals surface area contributed by atoms with E-state index in [0.717, 1.165) is 0 Å². The molecule has 0 aliphatic carbocycles. The molecule has 0 bridgehead atoms. The first-order chi connectivity index (χ1) is 6.02. The van der Waals surface area contributed by atoms with Gasteiger partial charge in [-0.3, -0.25) is 4.79 Å². The van der Waals surface area contributed by atoms with Gasteiger partial charge in [-0.15, -0.1) is 0 Å². The van der Waals surface area contributed by atoms with Crippen LogP contribution >= 0.6 is 0 Å². The Morgan fingerprint density at radius 2 is 1.77 bits per heavy atom. The zero-order chi connectivity index (χ0) is 9.90. The lowest BCUT2D eigenvalue weighted by Gasteiger charge is -1.99. The first kappa shape index (κ1) is 9.73. The standard InChI is InChI=1S/C8H8O4S/c9-8(10)6-13(11,12)7-4-2-1-3-5-7/h1-5H,6H2,(H,9,10). The van der Waals surface area contributed by atoms with Crippen molar-refractivity contribution in [3.8, 4) is 0 Å². The van der Waals surface area contributed by atoms with Crippen LogP contribution in [-0.4, -0.2) is 25.2 Å². The highest BCUT2D eigenvalue weighted by Gasteiger charge is 2.17. The summed E-state index contributed by atoms with van der Waals surface area (Å²) in [6.07, 6.45) is 0. The number of carbonyl (C=O) groups is 1. The van der Waals surface area contributed by atoms with Crippen LogP contribution in [-0.2, 0) is 14.6 Å². The van der Waals surface area contributed by atoms with E-state index >= 15 is 0 Å². The number of benzene rings is 1. The predicted molar refractivity (Wildman–Crippen MR) is 46.1 cm³/mol. The van der Waals surface area contributed by atoms with Gasteiger partial charge in [-0.2, -0.15) is 0 Å². The molecule has 0 amide bonds. The Bertz CT molecular complexity index is 393. The number of carboxylic acids is 1. The van der Waals surface area contributed by atoms with Crippen LogP contribution in [0, 0.1) is 0 Å². The molecule has 0 atom stereocenters. The lowest BCUT2D eigenvalue weighted by atomic mass is 10.4. The number of carboxylic acid groups (broad SMARTS) is 1. The van der Waals surface area contributed by atoms with E-state index in [4.69, 9.17) is 5.11 Å². The third kappa shape index (κ3) is 2.55. The van der Waals surface area contributed by atoms with Crippen LogP contribution in [0.25, 0.3) is 0 Å². The van der Waals surface area contributed by atoms with Crippen molar-refractivity contribution in [1.82, 2.24) is 0 Å². The molecule has 0 saturated carbocycles. The van der Waals surface area contributed by atoms with Crippen molar-refractivity contribution in [1.29, 1.82) is 0 Å². The first-order valence-electron chi connectivity index (χ1n) is 3.52. The Morgan fingerprint density at radius 3 is 2.23 bits per heavy atom. The summed E-state index contributed by atoms with van der Waals surface area (Å²) in [4.78, 5) is 10.2. The summed E-state index contributed by atoms with van der Waals surface area (Å²) in [5, 5.41) is 8.33. The van der Waals surface area contributed by atoms with Gasteiger partial charge in [-0.1, -0.05) is 18.2 Å². The van der Waals surface area contributed by atoms with E-state index in [9.17, 15) is 13.2 Å². The fourth-order valence-electron chi connectivity index (χ4n) is 0.874. The minimum atomic E-state index is -3.66.